The van der Waals surface area contributed by atoms with Crippen LogP contribution in [0, 0.1) is 0 Å². The third kappa shape index (κ3) is 2.15. The molecule has 0 bridgehead atoms. The fourth-order valence-electron chi connectivity index (χ4n) is 1.23. The summed E-state index contributed by atoms with van der Waals surface area (Å²) in [6.45, 7) is 0.191. The van der Waals surface area contributed by atoms with Crippen LogP contribution in [0.25, 0.3) is 21.7 Å². The summed E-state index contributed by atoms with van der Waals surface area (Å²) >= 11 is 0. The number of benzene rings is 1. The molecule has 2 aromatic rings. The third-order valence-corrected chi connectivity index (χ3v) is 1.92. The summed E-state index contributed by atoms with van der Waals surface area (Å²) in [5.74, 6) is 0.562. The van der Waals surface area contributed by atoms with Crippen molar-refractivity contribution in [1.82, 2.24) is 5.16 Å². The molecule has 0 aliphatic carbocycles. The molecule has 1 aromatic carbocycles. The average molecular weight is 200 g/mol. The SMILES string of the molecule is [N-]=[N+]=NCc1cc(-c2ccccc2)no1. The molecule has 0 atom stereocenters. The minimum Gasteiger partial charge on any atom is -0.361 e. The Morgan fingerprint density at radius 2 is 2.13 bits per heavy atom. The van der Waals surface area contributed by atoms with E-state index in [0.29, 0.717) is 5.76 Å². The standard InChI is InChI=1S/C10H8N4O/c11-14-12-7-9-6-10(13-15-9)8-4-2-1-3-5-8/h1-6H,7H2. The minimum absolute atomic E-state index is 0.191. The molecule has 1 aromatic heterocycles. The smallest absolute Gasteiger partial charge is 0.143 e. The summed E-state index contributed by atoms with van der Waals surface area (Å²) < 4.78 is 5.01. The normalized spacial score (nSPS) is 9.60. The number of aromatic nitrogens is 1. The van der Waals surface area contributed by atoms with Crippen molar-refractivity contribution in [2.24, 2.45) is 5.11 Å². The molecule has 0 N–H and O–H groups in total. The van der Waals surface area contributed by atoms with Gasteiger partial charge in [-0.3, -0.25) is 0 Å². The van der Waals surface area contributed by atoms with Gasteiger partial charge in [-0.25, -0.2) is 0 Å². The quantitative estimate of drug-likeness (QED) is 0.433. The summed E-state index contributed by atoms with van der Waals surface area (Å²) in [6, 6.07) is 11.4. The first-order chi connectivity index (χ1) is 7.40. The molecule has 5 nitrogen and oxygen atoms in total. The Morgan fingerprint density at radius 1 is 1.33 bits per heavy atom. The van der Waals surface area contributed by atoms with Gasteiger partial charge in [-0.15, -0.1) is 0 Å². The Kier molecular flexibility index (Phi) is 2.67. The highest BCUT2D eigenvalue weighted by Crippen LogP contribution is 2.18. The summed E-state index contributed by atoms with van der Waals surface area (Å²) in [6.07, 6.45) is 0. The van der Waals surface area contributed by atoms with Crippen LogP contribution in [-0.2, 0) is 6.54 Å². The maximum absolute atomic E-state index is 8.15. The van der Waals surface area contributed by atoms with E-state index in [9.17, 15) is 0 Å². The van der Waals surface area contributed by atoms with Crippen molar-refractivity contribution < 1.29 is 4.52 Å². The van der Waals surface area contributed by atoms with Crippen molar-refractivity contribution in [2.45, 2.75) is 6.54 Å². The van der Waals surface area contributed by atoms with Crippen molar-refractivity contribution >= 4 is 0 Å². The lowest BCUT2D eigenvalue weighted by Crippen LogP contribution is -1.74. The fourth-order valence-corrected chi connectivity index (χ4v) is 1.23. The van der Waals surface area contributed by atoms with E-state index in [1.54, 1.807) is 6.07 Å². The lowest BCUT2D eigenvalue weighted by molar-refractivity contribution is 0.387. The van der Waals surface area contributed by atoms with Gasteiger partial charge in [-0.2, -0.15) is 0 Å². The van der Waals surface area contributed by atoms with Gasteiger partial charge in [-0.1, -0.05) is 40.6 Å². The fraction of sp³-hybridized carbons (Fsp3) is 0.100. The summed E-state index contributed by atoms with van der Waals surface area (Å²) in [5.41, 5.74) is 9.88. The minimum atomic E-state index is 0.191. The molecule has 0 amide bonds. The lowest BCUT2D eigenvalue weighted by Gasteiger charge is -1.91. The molecule has 74 valence electrons. The summed E-state index contributed by atoms with van der Waals surface area (Å²) in [5, 5.41) is 7.28. The van der Waals surface area contributed by atoms with Crippen molar-refractivity contribution in [2.75, 3.05) is 0 Å². The summed E-state index contributed by atoms with van der Waals surface area (Å²) in [7, 11) is 0. The highest BCUT2D eigenvalue weighted by Gasteiger charge is 2.04. The molecule has 2 rings (SSSR count). The maximum atomic E-state index is 8.15. The summed E-state index contributed by atoms with van der Waals surface area (Å²) in [4.78, 5) is 2.65. The van der Waals surface area contributed by atoms with Crippen LogP contribution in [0.1, 0.15) is 5.76 Å². The second kappa shape index (κ2) is 4.30. The first kappa shape index (κ1) is 9.30. The second-order valence-corrected chi connectivity index (χ2v) is 2.93. The molecule has 0 aliphatic rings. The average Bonchev–Trinajstić information content (AvgIpc) is 2.76. The van der Waals surface area contributed by atoms with Crippen LogP contribution in [0.4, 0.5) is 0 Å². The van der Waals surface area contributed by atoms with Gasteiger partial charge < -0.3 is 4.52 Å². The lowest BCUT2D eigenvalue weighted by atomic mass is 10.1. The van der Waals surface area contributed by atoms with Gasteiger partial charge >= 0.3 is 0 Å². The number of hydrogen-bond donors (Lipinski definition) is 0. The van der Waals surface area contributed by atoms with Gasteiger partial charge in [0, 0.05) is 16.5 Å². The molecule has 0 saturated heterocycles. The molecule has 0 aliphatic heterocycles. The molecular formula is C10H8N4O. The van der Waals surface area contributed by atoms with Crippen LogP contribution >= 0.6 is 0 Å². The van der Waals surface area contributed by atoms with Crippen molar-refractivity contribution in [3.05, 3.63) is 52.6 Å². The Bertz CT molecular complexity index is 485. The van der Waals surface area contributed by atoms with Crippen LogP contribution < -0.4 is 0 Å². The van der Waals surface area contributed by atoms with Crippen LogP contribution in [0.2, 0.25) is 0 Å². The third-order valence-electron chi connectivity index (χ3n) is 1.92. The molecular weight excluding hydrogens is 192 g/mol. The largest absolute Gasteiger partial charge is 0.361 e. The monoisotopic (exact) mass is 200 g/mol. The predicted molar refractivity (Wildman–Crippen MR) is 54.8 cm³/mol. The van der Waals surface area contributed by atoms with Crippen molar-refractivity contribution in [3.8, 4) is 11.3 Å². The zero-order valence-corrected chi connectivity index (χ0v) is 7.87. The Morgan fingerprint density at radius 3 is 2.87 bits per heavy atom. The van der Waals surface area contributed by atoms with Gasteiger partial charge in [0.05, 0.1) is 6.54 Å². The highest BCUT2D eigenvalue weighted by molar-refractivity contribution is 5.58. The zero-order valence-electron chi connectivity index (χ0n) is 7.87. The van der Waals surface area contributed by atoms with E-state index in [1.165, 1.54) is 0 Å². The Labute approximate surface area is 86.0 Å². The topological polar surface area (TPSA) is 74.8 Å². The zero-order chi connectivity index (χ0) is 10.5. The van der Waals surface area contributed by atoms with E-state index < -0.39 is 0 Å². The van der Waals surface area contributed by atoms with E-state index >= 15 is 0 Å². The van der Waals surface area contributed by atoms with E-state index in [2.05, 4.69) is 15.2 Å². The number of hydrogen-bond acceptors (Lipinski definition) is 3. The van der Waals surface area contributed by atoms with Crippen LogP contribution in [0.3, 0.4) is 0 Å². The molecule has 0 saturated carbocycles. The Balaban J connectivity index is 2.24. The first-order valence-electron chi connectivity index (χ1n) is 4.42. The molecule has 1 heterocycles. The van der Waals surface area contributed by atoms with Gasteiger partial charge in [0.2, 0.25) is 0 Å². The molecule has 0 fully saturated rings. The van der Waals surface area contributed by atoms with Crippen LogP contribution in [0.5, 0.6) is 0 Å². The van der Waals surface area contributed by atoms with Crippen LogP contribution in [-0.4, -0.2) is 5.16 Å². The van der Waals surface area contributed by atoms with E-state index in [1.807, 2.05) is 30.3 Å². The van der Waals surface area contributed by atoms with E-state index in [-0.39, 0.29) is 6.54 Å². The number of nitrogens with zero attached hydrogens (tertiary/aromatic N) is 4. The molecule has 5 heteroatoms. The molecule has 0 radical (unpaired) electrons. The van der Waals surface area contributed by atoms with E-state index in [0.717, 1.165) is 11.3 Å². The van der Waals surface area contributed by atoms with Gasteiger partial charge in [0.1, 0.15) is 11.5 Å². The first-order valence-corrected chi connectivity index (χ1v) is 4.42. The van der Waals surface area contributed by atoms with Gasteiger partial charge in [0.15, 0.2) is 0 Å². The van der Waals surface area contributed by atoms with Gasteiger partial charge in [0.25, 0.3) is 0 Å². The van der Waals surface area contributed by atoms with E-state index in [4.69, 9.17) is 10.1 Å². The molecule has 0 unspecified atom stereocenters. The van der Waals surface area contributed by atoms with Crippen molar-refractivity contribution in [1.29, 1.82) is 0 Å². The Hall–Kier alpha value is -2.26. The van der Waals surface area contributed by atoms with Crippen LogP contribution in [0.15, 0.2) is 46.0 Å². The number of rotatable bonds is 3. The maximum Gasteiger partial charge on any atom is 0.143 e. The molecule has 15 heavy (non-hydrogen) atoms. The van der Waals surface area contributed by atoms with Crippen molar-refractivity contribution in [3.63, 3.8) is 0 Å². The second-order valence-electron chi connectivity index (χ2n) is 2.93. The van der Waals surface area contributed by atoms with Gasteiger partial charge in [-0.05, 0) is 5.53 Å². The predicted octanol–water partition coefficient (Wildman–Crippen LogP) is 3.15. The molecule has 0 spiro atoms. The highest BCUT2D eigenvalue weighted by atomic mass is 16.5. The number of azide groups is 1.